The van der Waals surface area contributed by atoms with Crippen molar-refractivity contribution in [2.24, 2.45) is 5.92 Å². The Morgan fingerprint density at radius 2 is 2.12 bits per heavy atom. The maximum atomic E-state index is 3.55. The largest absolute Gasteiger partial charge is 0.317 e. The molecule has 1 saturated heterocycles. The first-order chi connectivity index (χ1) is 8.15. The van der Waals surface area contributed by atoms with Crippen molar-refractivity contribution >= 4 is 43.2 Å². The summed E-state index contributed by atoms with van der Waals surface area (Å²) in [5, 5.41) is 3.42. The zero-order chi connectivity index (χ0) is 12.3. The number of thiophene rings is 1. The highest BCUT2D eigenvalue weighted by atomic mass is 79.9. The molecule has 96 valence electrons. The Labute approximate surface area is 124 Å². The van der Waals surface area contributed by atoms with Crippen LogP contribution in [-0.2, 0) is 6.54 Å². The van der Waals surface area contributed by atoms with Crippen LogP contribution in [0.4, 0.5) is 0 Å². The molecule has 0 spiro atoms. The number of hydrogen-bond acceptors (Lipinski definition) is 3. The van der Waals surface area contributed by atoms with Gasteiger partial charge in [-0.05, 0) is 76.8 Å². The van der Waals surface area contributed by atoms with Crippen LogP contribution in [0.15, 0.2) is 14.3 Å². The van der Waals surface area contributed by atoms with Crippen molar-refractivity contribution in [3.05, 3.63) is 19.2 Å². The monoisotopic (exact) mass is 380 g/mol. The smallest absolute Gasteiger partial charge is 0.0843 e. The summed E-state index contributed by atoms with van der Waals surface area (Å²) >= 11 is 8.91. The molecule has 17 heavy (non-hydrogen) atoms. The van der Waals surface area contributed by atoms with E-state index >= 15 is 0 Å². The average molecular weight is 382 g/mol. The lowest BCUT2D eigenvalue weighted by Gasteiger charge is -2.27. The van der Waals surface area contributed by atoms with Crippen LogP contribution in [0.1, 0.15) is 17.7 Å². The third-order valence-corrected chi connectivity index (χ3v) is 6.39. The van der Waals surface area contributed by atoms with Gasteiger partial charge in [-0.15, -0.1) is 11.3 Å². The van der Waals surface area contributed by atoms with E-state index in [9.17, 15) is 0 Å². The molecule has 5 heteroatoms. The Hall–Kier alpha value is 0.580. The van der Waals surface area contributed by atoms with Crippen molar-refractivity contribution in [3.8, 4) is 0 Å². The Bertz CT molecular complexity index is 342. The maximum absolute atomic E-state index is 3.55. The summed E-state index contributed by atoms with van der Waals surface area (Å²) in [5.41, 5.74) is 0. The topological polar surface area (TPSA) is 15.3 Å². The first kappa shape index (κ1) is 14.0. The van der Waals surface area contributed by atoms with E-state index in [1.807, 2.05) is 11.3 Å². The SMILES string of the molecule is CN(Cc1cc(Br)c(Br)s1)CC1CCNCC1. The fraction of sp³-hybridized carbons (Fsp3) is 0.667. The Morgan fingerprint density at radius 3 is 2.71 bits per heavy atom. The highest BCUT2D eigenvalue weighted by molar-refractivity contribution is 9.13. The molecule has 0 radical (unpaired) electrons. The van der Waals surface area contributed by atoms with Crippen molar-refractivity contribution < 1.29 is 0 Å². The first-order valence-corrected chi connectivity index (χ1v) is 8.38. The zero-order valence-electron chi connectivity index (χ0n) is 10.0. The van der Waals surface area contributed by atoms with Crippen LogP contribution in [0.25, 0.3) is 0 Å². The van der Waals surface area contributed by atoms with E-state index in [1.54, 1.807) is 0 Å². The molecule has 0 bridgehead atoms. The third kappa shape index (κ3) is 4.31. The third-order valence-electron chi connectivity index (χ3n) is 3.15. The molecule has 1 aliphatic rings. The number of halogens is 2. The van der Waals surface area contributed by atoms with Crippen molar-refractivity contribution in [1.82, 2.24) is 10.2 Å². The molecule has 2 rings (SSSR count). The summed E-state index contributed by atoms with van der Waals surface area (Å²) in [6, 6.07) is 2.22. The van der Waals surface area contributed by atoms with Gasteiger partial charge in [0.05, 0.1) is 3.79 Å². The molecule has 0 saturated carbocycles. The van der Waals surface area contributed by atoms with Crippen LogP contribution in [-0.4, -0.2) is 31.6 Å². The fourth-order valence-corrected chi connectivity index (χ4v) is 4.56. The van der Waals surface area contributed by atoms with Crippen LogP contribution in [0.3, 0.4) is 0 Å². The molecule has 2 heterocycles. The Balaban J connectivity index is 1.81. The lowest BCUT2D eigenvalue weighted by molar-refractivity contribution is 0.236. The summed E-state index contributed by atoms with van der Waals surface area (Å²) in [5.74, 6) is 0.869. The standard InChI is InChI=1S/C12H18Br2N2S/c1-16(7-9-2-4-15-5-3-9)8-10-6-11(13)12(14)17-10/h6,9,15H,2-5,7-8H2,1H3. The van der Waals surface area contributed by atoms with Gasteiger partial charge in [-0.2, -0.15) is 0 Å². The van der Waals surface area contributed by atoms with Crippen molar-refractivity contribution in [1.29, 1.82) is 0 Å². The van der Waals surface area contributed by atoms with Gasteiger partial charge in [0.1, 0.15) is 0 Å². The van der Waals surface area contributed by atoms with Crippen LogP contribution < -0.4 is 5.32 Å². The maximum Gasteiger partial charge on any atom is 0.0843 e. The molecule has 2 nitrogen and oxygen atoms in total. The van der Waals surface area contributed by atoms with Gasteiger partial charge in [0.2, 0.25) is 0 Å². The predicted molar refractivity (Wildman–Crippen MR) is 81.6 cm³/mol. The highest BCUT2D eigenvalue weighted by Crippen LogP contribution is 2.33. The molecule has 0 amide bonds. The molecule has 0 atom stereocenters. The summed E-state index contributed by atoms with van der Waals surface area (Å²) in [6.07, 6.45) is 2.64. The minimum atomic E-state index is 0.869. The summed E-state index contributed by atoms with van der Waals surface area (Å²) in [4.78, 5) is 3.86. The quantitative estimate of drug-likeness (QED) is 0.855. The molecule has 1 N–H and O–H groups in total. The molecule has 1 aromatic heterocycles. The van der Waals surface area contributed by atoms with E-state index in [4.69, 9.17) is 0 Å². The predicted octanol–water partition coefficient (Wildman–Crippen LogP) is 3.70. The molecule has 1 aromatic rings. The van der Waals surface area contributed by atoms with Gasteiger partial charge >= 0.3 is 0 Å². The summed E-state index contributed by atoms with van der Waals surface area (Å²) < 4.78 is 2.37. The van der Waals surface area contributed by atoms with Crippen LogP contribution in [0.2, 0.25) is 0 Å². The van der Waals surface area contributed by atoms with Gasteiger partial charge < -0.3 is 10.2 Å². The molecule has 1 aliphatic heterocycles. The second-order valence-electron chi connectivity index (χ2n) is 4.72. The number of rotatable bonds is 4. The van der Waals surface area contributed by atoms with E-state index in [0.29, 0.717) is 0 Å². The van der Waals surface area contributed by atoms with Crippen LogP contribution in [0, 0.1) is 5.92 Å². The number of hydrogen-bond donors (Lipinski definition) is 1. The number of nitrogens with zero attached hydrogens (tertiary/aromatic N) is 1. The second-order valence-corrected chi connectivity index (χ2v) is 8.03. The van der Waals surface area contributed by atoms with E-state index in [-0.39, 0.29) is 0 Å². The van der Waals surface area contributed by atoms with Crippen LogP contribution in [0.5, 0.6) is 0 Å². The van der Waals surface area contributed by atoms with Gasteiger partial charge in [-0.1, -0.05) is 0 Å². The molecule has 1 fully saturated rings. The van der Waals surface area contributed by atoms with Crippen molar-refractivity contribution in [2.75, 3.05) is 26.7 Å². The lowest BCUT2D eigenvalue weighted by atomic mass is 9.98. The highest BCUT2D eigenvalue weighted by Gasteiger charge is 2.15. The minimum absolute atomic E-state index is 0.869. The van der Waals surface area contributed by atoms with E-state index < -0.39 is 0 Å². The molecule has 0 aromatic carbocycles. The second kappa shape index (κ2) is 6.66. The zero-order valence-corrected chi connectivity index (χ0v) is 14.0. The van der Waals surface area contributed by atoms with Gasteiger partial charge in [0.25, 0.3) is 0 Å². The Morgan fingerprint density at radius 1 is 1.41 bits per heavy atom. The van der Waals surface area contributed by atoms with Gasteiger partial charge in [-0.25, -0.2) is 0 Å². The van der Waals surface area contributed by atoms with Crippen molar-refractivity contribution in [3.63, 3.8) is 0 Å². The summed E-state index contributed by atoms with van der Waals surface area (Å²) in [6.45, 7) is 4.65. The number of piperidine rings is 1. The fourth-order valence-electron chi connectivity index (χ4n) is 2.30. The van der Waals surface area contributed by atoms with Gasteiger partial charge in [-0.3, -0.25) is 0 Å². The first-order valence-electron chi connectivity index (χ1n) is 5.98. The van der Waals surface area contributed by atoms with E-state index in [0.717, 1.165) is 12.5 Å². The van der Waals surface area contributed by atoms with Gasteiger partial charge in [0, 0.05) is 22.4 Å². The lowest BCUT2D eigenvalue weighted by Crippen LogP contribution is -2.34. The molecular formula is C12H18Br2N2S. The van der Waals surface area contributed by atoms with Gasteiger partial charge in [0.15, 0.2) is 0 Å². The summed E-state index contributed by atoms with van der Waals surface area (Å²) in [7, 11) is 2.23. The van der Waals surface area contributed by atoms with E-state index in [1.165, 1.54) is 45.6 Å². The molecule has 0 aliphatic carbocycles. The van der Waals surface area contributed by atoms with Crippen molar-refractivity contribution in [2.45, 2.75) is 19.4 Å². The average Bonchev–Trinajstić information content (AvgIpc) is 2.59. The van der Waals surface area contributed by atoms with E-state index in [2.05, 4.69) is 55.2 Å². The molecule has 0 unspecified atom stereocenters. The molecular weight excluding hydrogens is 364 g/mol. The normalized spacial score (nSPS) is 17.9. The van der Waals surface area contributed by atoms with Crippen LogP contribution >= 0.6 is 43.2 Å². The number of nitrogens with one attached hydrogen (secondary N) is 1. The minimum Gasteiger partial charge on any atom is -0.317 e. The Kier molecular flexibility index (Phi) is 5.49.